The topological polar surface area (TPSA) is 30.5 Å². The summed E-state index contributed by atoms with van der Waals surface area (Å²) in [6, 6.07) is 8.49. The Morgan fingerprint density at radius 2 is 2.05 bits per heavy atom. The minimum Gasteiger partial charge on any atom is -0.347 e. The molecule has 0 radical (unpaired) electrons. The molecular formula is C15H20ClNO2S. The van der Waals surface area contributed by atoms with Crippen LogP contribution in [0, 0.1) is 0 Å². The van der Waals surface area contributed by atoms with Crippen LogP contribution >= 0.6 is 23.4 Å². The van der Waals surface area contributed by atoms with Gasteiger partial charge < -0.3 is 14.8 Å². The number of hydrogen-bond acceptors (Lipinski definition) is 4. The summed E-state index contributed by atoms with van der Waals surface area (Å²) in [6.45, 7) is 1.43. The van der Waals surface area contributed by atoms with Crippen molar-refractivity contribution in [1.29, 1.82) is 0 Å². The van der Waals surface area contributed by atoms with Crippen LogP contribution in [-0.2, 0) is 9.47 Å². The molecule has 2 atom stereocenters. The van der Waals surface area contributed by atoms with Gasteiger partial charge in [0.1, 0.15) is 0 Å². The molecule has 1 aliphatic heterocycles. The molecule has 2 fully saturated rings. The molecule has 2 unspecified atom stereocenters. The number of hydrogen-bond donors (Lipinski definition) is 1. The van der Waals surface area contributed by atoms with E-state index in [9.17, 15) is 0 Å². The molecule has 3 rings (SSSR count). The van der Waals surface area contributed by atoms with Crippen LogP contribution in [0.25, 0.3) is 0 Å². The van der Waals surface area contributed by atoms with Gasteiger partial charge in [0.15, 0.2) is 5.79 Å². The molecule has 0 aromatic heterocycles. The molecule has 0 bridgehead atoms. The quantitative estimate of drug-likeness (QED) is 0.927. The van der Waals surface area contributed by atoms with E-state index in [1.165, 1.54) is 0 Å². The Morgan fingerprint density at radius 1 is 1.30 bits per heavy atom. The first-order valence-electron chi connectivity index (χ1n) is 7.09. The molecule has 3 nitrogen and oxygen atoms in total. The lowest BCUT2D eigenvalue weighted by molar-refractivity contribution is -0.177. The highest BCUT2D eigenvalue weighted by atomic mass is 35.5. The average molecular weight is 314 g/mol. The third-order valence-electron chi connectivity index (χ3n) is 4.10. The van der Waals surface area contributed by atoms with E-state index in [2.05, 4.69) is 11.4 Å². The summed E-state index contributed by atoms with van der Waals surface area (Å²) >= 11 is 8.11. The Hall–Kier alpha value is -0.260. The molecule has 1 N–H and O–H groups in total. The van der Waals surface area contributed by atoms with Crippen molar-refractivity contribution in [2.75, 3.05) is 20.3 Å². The summed E-state index contributed by atoms with van der Waals surface area (Å²) in [5.41, 5.74) is 0. The smallest absolute Gasteiger partial charge is 0.169 e. The van der Waals surface area contributed by atoms with Gasteiger partial charge in [0.25, 0.3) is 0 Å². The van der Waals surface area contributed by atoms with Gasteiger partial charge in [-0.25, -0.2) is 0 Å². The molecule has 110 valence electrons. The minimum absolute atomic E-state index is 0.355. The lowest BCUT2D eigenvalue weighted by Gasteiger charge is -2.40. The van der Waals surface area contributed by atoms with E-state index >= 15 is 0 Å². The van der Waals surface area contributed by atoms with E-state index in [4.69, 9.17) is 21.1 Å². The van der Waals surface area contributed by atoms with Gasteiger partial charge in [-0.2, -0.15) is 0 Å². The highest BCUT2D eigenvalue weighted by molar-refractivity contribution is 8.00. The fourth-order valence-electron chi connectivity index (χ4n) is 3.03. The standard InChI is InChI=1S/C15H20ClNO2S/c1-17-12-6-7-15(18-8-9-19-15)10-14(12)20-13-5-3-2-4-11(13)16/h2-5,12,14,17H,6-10H2,1H3. The lowest BCUT2D eigenvalue weighted by atomic mass is 9.89. The lowest BCUT2D eigenvalue weighted by Crippen LogP contribution is -2.48. The SMILES string of the molecule is CNC1CCC2(CC1Sc1ccccc1Cl)OCCO2. The molecule has 1 heterocycles. The van der Waals surface area contributed by atoms with Crippen molar-refractivity contribution < 1.29 is 9.47 Å². The fourth-order valence-corrected chi connectivity index (χ4v) is 4.74. The zero-order valence-corrected chi connectivity index (χ0v) is 13.2. The van der Waals surface area contributed by atoms with E-state index in [0.717, 1.165) is 29.2 Å². The summed E-state index contributed by atoms with van der Waals surface area (Å²) < 4.78 is 11.8. The van der Waals surface area contributed by atoms with Crippen LogP contribution in [-0.4, -0.2) is 37.3 Å². The Balaban J connectivity index is 1.76. The van der Waals surface area contributed by atoms with Crippen LogP contribution in [0.2, 0.25) is 5.02 Å². The van der Waals surface area contributed by atoms with Crippen molar-refractivity contribution in [3.63, 3.8) is 0 Å². The van der Waals surface area contributed by atoms with Crippen LogP contribution in [0.4, 0.5) is 0 Å². The van der Waals surface area contributed by atoms with E-state index in [1.54, 1.807) is 0 Å². The monoisotopic (exact) mass is 313 g/mol. The van der Waals surface area contributed by atoms with E-state index in [0.29, 0.717) is 24.5 Å². The predicted octanol–water partition coefficient (Wildman–Crippen LogP) is 3.32. The minimum atomic E-state index is -0.355. The summed E-state index contributed by atoms with van der Waals surface area (Å²) in [7, 11) is 2.03. The van der Waals surface area contributed by atoms with E-state index in [1.807, 2.05) is 37.0 Å². The maximum atomic E-state index is 6.28. The van der Waals surface area contributed by atoms with Crippen LogP contribution in [0.1, 0.15) is 19.3 Å². The summed E-state index contributed by atoms with van der Waals surface area (Å²) in [4.78, 5) is 1.13. The average Bonchev–Trinajstić information content (AvgIpc) is 2.90. The van der Waals surface area contributed by atoms with Gasteiger partial charge >= 0.3 is 0 Å². The Kier molecular flexibility index (Phi) is 4.58. The van der Waals surface area contributed by atoms with Crippen LogP contribution in [0.5, 0.6) is 0 Å². The maximum Gasteiger partial charge on any atom is 0.169 e. The number of benzene rings is 1. The highest BCUT2D eigenvalue weighted by Crippen LogP contribution is 2.43. The summed E-state index contributed by atoms with van der Waals surface area (Å²) in [5, 5.41) is 4.65. The maximum absolute atomic E-state index is 6.28. The zero-order chi connectivity index (χ0) is 14.0. The molecule has 1 saturated heterocycles. The second kappa shape index (κ2) is 6.24. The zero-order valence-electron chi connectivity index (χ0n) is 11.6. The van der Waals surface area contributed by atoms with Crippen LogP contribution in [0.3, 0.4) is 0 Å². The van der Waals surface area contributed by atoms with Gasteiger partial charge in [0.2, 0.25) is 0 Å². The molecule has 20 heavy (non-hydrogen) atoms. The number of rotatable bonds is 3. The summed E-state index contributed by atoms with van der Waals surface area (Å²) in [5.74, 6) is -0.355. The van der Waals surface area contributed by atoms with Crippen molar-refractivity contribution >= 4 is 23.4 Å². The van der Waals surface area contributed by atoms with Crippen molar-refractivity contribution in [3.05, 3.63) is 29.3 Å². The van der Waals surface area contributed by atoms with Gasteiger partial charge in [-0.1, -0.05) is 23.7 Å². The molecule has 0 amide bonds. The third kappa shape index (κ3) is 3.00. The molecule has 1 aliphatic carbocycles. The molecular weight excluding hydrogens is 294 g/mol. The van der Waals surface area contributed by atoms with Gasteiger partial charge in [-0.15, -0.1) is 11.8 Å². The van der Waals surface area contributed by atoms with E-state index in [-0.39, 0.29) is 5.79 Å². The Labute approximate surface area is 129 Å². The molecule has 1 aromatic rings. The molecule has 1 saturated carbocycles. The number of thioether (sulfide) groups is 1. The summed E-state index contributed by atoms with van der Waals surface area (Å²) in [6.07, 6.45) is 2.95. The largest absolute Gasteiger partial charge is 0.347 e. The molecule has 1 spiro atoms. The van der Waals surface area contributed by atoms with Crippen LogP contribution in [0.15, 0.2) is 29.2 Å². The van der Waals surface area contributed by atoms with Crippen molar-refractivity contribution in [2.24, 2.45) is 0 Å². The van der Waals surface area contributed by atoms with Crippen molar-refractivity contribution in [1.82, 2.24) is 5.32 Å². The number of nitrogens with one attached hydrogen (secondary N) is 1. The first kappa shape index (κ1) is 14.7. The second-order valence-electron chi connectivity index (χ2n) is 5.33. The number of ether oxygens (including phenoxy) is 2. The fraction of sp³-hybridized carbons (Fsp3) is 0.600. The van der Waals surface area contributed by atoms with Gasteiger partial charge in [-0.05, 0) is 25.6 Å². The Morgan fingerprint density at radius 3 is 2.75 bits per heavy atom. The molecule has 2 aliphatic rings. The van der Waals surface area contributed by atoms with Crippen molar-refractivity contribution in [3.8, 4) is 0 Å². The van der Waals surface area contributed by atoms with Gasteiger partial charge in [-0.3, -0.25) is 0 Å². The van der Waals surface area contributed by atoms with Gasteiger partial charge in [0.05, 0.1) is 18.2 Å². The molecule has 1 aromatic carbocycles. The van der Waals surface area contributed by atoms with Crippen molar-refractivity contribution in [2.45, 2.75) is 41.2 Å². The normalized spacial score (nSPS) is 28.9. The van der Waals surface area contributed by atoms with E-state index < -0.39 is 0 Å². The second-order valence-corrected chi connectivity index (χ2v) is 7.02. The van der Waals surface area contributed by atoms with Crippen LogP contribution < -0.4 is 5.32 Å². The predicted molar refractivity (Wildman–Crippen MR) is 82.4 cm³/mol. The highest BCUT2D eigenvalue weighted by Gasteiger charge is 2.45. The van der Waals surface area contributed by atoms with Gasteiger partial charge in [0, 0.05) is 29.0 Å². The third-order valence-corrected chi connectivity index (χ3v) is 5.95. The first-order chi connectivity index (χ1) is 9.72. The Bertz CT molecular complexity index is 465. The number of halogens is 1. The molecule has 5 heteroatoms. The first-order valence-corrected chi connectivity index (χ1v) is 8.34.